The molecule has 84 valence electrons. The van der Waals surface area contributed by atoms with Gasteiger partial charge in [-0.05, 0) is 25.0 Å². The third-order valence-electron chi connectivity index (χ3n) is 2.06. The Morgan fingerprint density at radius 3 is 3.00 bits per heavy atom. The molecule has 1 amide bonds. The molecule has 0 saturated heterocycles. The number of carbonyl (C=O) groups is 1. The van der Waals surface area contributed by atoms with Crippen molar-refractivity contribution in [2.45, 2.75) is 25.7 Å². The minimum absolute atomic E-state index is 0.0981. The number of aryl methyl sites for hydroxylation is 1. The summed E-state index contributed by atoms with van der Waals surface area (Å²) in [6, 6.07) is 3.72. The van der Waals surface area contributed by atoms with Gasteiger partial charge in [0.2, 0.25) is 5.91 Å². The molecule has 0 radical (unpaired) electrons. The number of halogens is 1. The number of hydrogen-bond donors (Lipinski definition) is 1. The molecule has 1 aromatic heterocycles. The first-order chi connectivity index (χ1) is 7.33. The summed E-state index contributed by atoms with van der Waals surface area (Å²) >= 11 is 3.35. The third-order valence-corrected chi connectivity index (χ3v) is 2.62. The van der Waals surface area contributed by atoms with Crippen LogP contribution in [0.2, 0.25) is 0 Å². The predicted molar refractivity (Wildman–Crippen MR) is 63.1 cm³/mol. The minimum atomic E-state index is 0.0981. The smallest absolute Gasteiger partial charge is 0.220 e. The van der Waals surface area contributed by atoms with E-state index in [0.29, 0.717) is 12.8 Å². The molecule has 1 aromatic rings. The zero-order valence-electron chi connectivity index (χ0n) is 8.67. The number of alkyl halides is 1. The topological polar surface area (TPSA) is 42.2 Å². The fraction of sp³-hybridized carbons (Fsp3) is 0.545. The predicted octanol–water partition coefficient (Wildman–Crippen LogP) is 2.50. The number of unbranched alkanes of at least 4 members (excludes halogenated alkanes) is 1. The Morgan fingerprint density at radius 2 is 2.33 bits per heavy atom. The van der Waals surface area contributed by atoms with E-state index < -0.39 is 0 Å². The average molecular weight is 274 g/mol. The Balaban J connectivity index is 2.04. The van der Waals surface area contributed by atoms with Crippen LogP contribution in [0.25, 0.3) is 0 Å². The summed E-state index contributed by atoms with van der Waals surface area (Å²) in [4.78, 5) is 11.3. The first-order valence-electron chi connectivity index (χ1n) is 5.18. The van der Waals surface area contributed by atoms with Crippen molar-refractivity contribution in [1.82, 2.24) is 5.32 Å². The van der Waals surface area contributed by atoms with Crippen molar-refractivity contribution < 1.29 is 9.21 Å². The SMILES string of the molecule is O=C(CCc1ccco1)NCCCCBr. The van der Waals surface area contributed by atoms with E-state index in [-0.39, 0.29) is 5.91 Å². The highest BCUT2D eigenvalue weighted by atomic mass is 79.9. The van der Waals surface area contributed by atoms with Crippen LogP contribution < -0.4 is 5.32 Å². The van der Waals surface area contributed by atoms with Crippen LogP contribution in [-0.4, -0.2) is 17.8 Å². The van der Waals surface area contributed by atoms with Crippen LogP contribution >= 0.6 is 15.9 Å². The molecule has 0 fully saturated rings. The lowest BCUT2D eigenvalue weighted by Gasteiger charge is -2.03. The summed E-state index contributed by atoms with van der Waals surface area (Å²) in [6.45, 7) is 0.766. The summed E-state index contributed by atoms with van der Waals surface area (Å²) in [5.41, 5.74) is 0. The van der Waals surface area contributed by atoms with Gasteiger partial charge in [0.05, 0.1) is 6.26 Å². The summed E-state index contributed by atoms with van der Waals surface area (Å²) in [6.07, 6.45) is 4.93. The Hall–Kier alpha value is -0.770. The third kappa shape index (κ3) is 5.62. The van der Waals surface area contributed by atoms with Gasteiger partial charge >= 0.3 is 0 Å². The summed E-state index contributed by atoms with van der Waals surface area (Å²) in [7, 11) is 0. The van der Waals surface area contributed by atoms with Crippen molar-refractivity contribution in [2.24, 2.45) is 0 Å². The van der Waals surface area contributed by atoms with E-state index in [1.807, 2.05) is 12.1 Å². The zero-order chi connectivity index (χ0) is 10.9. The van der Waals surface area contributed by atoms with Crippen LogP contribution in [-0.2, 0) is 11.2 Å². The molecule has 4 heteroatoms. The van der Waals surface area contributed by atoms with Crippen LogP contribution in [0.5, 0.6) is 0 Å². The lowest BCUT2D eigenvalue weighted by molar-refractivity contribution is -0.121. The average Bonchev–Trinajstić information content (AvgIpc) is 2.74. The number of furan rings is 1. The van der Waals surface area contributed by atoms with Gasteiger partial charge in [-0.2, -0.15) is 0 Å². The summed E-state index contributed by atoms with van der Waals surface area (Å²) < 4.78 is 5.14. The van der Waals surface area contributed by atoms with Crippen molar-refractivity contribution >= 4 is 21.8 Å². The zero-order valence-corrected chi connectivity index (χ0v) is 10.3. The first-order valence-corrected chi connectivity index (χ1v) is 6.30. The van der Waals surface area contributed by atoms with Crippen LogP contribution in [0, 0.1) is 0 Å². The van der Waals surface area contributed by atoms with Gasteiger partial charge in [-0.15, -0.1) is 0 Å². The molecular weight excluding hydrogens is 258 g/mol. The standard InChI is InChI=1S/C11H16BrNO2/c12-7-1-2-8-13-11(14)6-5-10-4-3-9-15-10/h3-4,9H,1-2,5-8H2,(H,13,14). The molecule has 1 heterocycles. The Bertz CT molecular complexity index is 272. The van der Waals surface area contributed by atoms with E-state index in [1.54, 1.807) is 6.26 Å². The monoisotopic (exact) mass is 273 g/mol. The van der Waals surface area contributed by atoms with E-state index in [1.165, 1.54) is 0 Å². The van der Waals surface area contributed by atoms with Gasteiger partial charge in [0, 0.05) is 24.7 Å². The van der Waals surface area contributed by atoms with E-state index >= 15 is 0 Å². The van der Waals surface area contributed by atoms with Crippen molar-refractivity contribution in [3.63, 3.8) is 0 Å². The van der Waals surface area contributed by atoms with Crippen molar-refractivity contribution in [3.8, 4) is 0 Å². The Labute approximate surface area is 98.4 Å². The molecule has 0 aliphatic carbocycles. The molecule has 15 heavy (non-hydrogen) atoms. The van der Waals surface area contributed by atoms with Crippen LogP contribution in [0.3, 0.4) is 0 Å². The van der Waals surface area contributed by atoms with Gasteiger partial charge < -0.3 is 9.73 Å². The van der Waals surface area contributed by atoms with Crippen molar-refractivity contribution in [1.29, 1.82) is 0 Å². The highest BCUT2D eigenvalue weighted by Gasteiger charge is 2.02. The number of rotatable bonds is 7. The molecule has 0 unspecified atom stereocenters. The van der Waals surface area contributed by atoms with E-state index in [2.05, 4.69) is 21.2 Å². The van der Waals surface area contributed by atoms with Crippen molar-refractivity contribution in [3.05, 3.63) is 24.2 Å². The second kappa shape index (κ2) is 7.51. The number of hydrogen-bond acceptors (Lipinski definition) is 2. The van der Waals surface area contributed by atoms with Crippen LogP contribution in [0.15, 0.2) is 22.8 Å². The summed E-state index contributed by atoms with van der Waals surface area (Å²) in [5.74, 6) is 0.964. The highest BCUT2D eigenvalue weighted by Crippen LogP contribution is 2.03. The van der Waals surface area contributed by atoms with Gasteiger partial charge in [0.1, 0.15) is 5.76 Å². The highest BCUT2D eigenvalue weighted by molar-refractivity contribution is 9.09. The Morgan fingerprint density at radius 1 is 1.47 bits per heavy atom. The van der Waals surface area contributed by atoms with Crippen molar-refractivity contribution in [2.75, 3.05) is 11.9 Å². The van der Waals surface area contributed by atoms with Gasteiger partial charge in [-0.3, -0.25) is 4.79 Å². The maximum absolute atomic E-state index is 11.3. The maximum atomic E-state index is 11.3. The minimum Gasteiger partial charge on any atom is -0.469 e. The molecule has 0 saturated carbocycles. The molecule has 0 bridgehead atoms. The number of amides is 1. The molecule has 0 aliphatic heterocycles. The van der Waals surface area contributed by atoms with Gasteiger partial charge in [0.15, 0.2) is 0 Å². The van der Waals surface area contributed by atoms with Gasteiger partial charge in [-0.1, -0.05) is 15.9 Å². The molecular formula is C11H16BrNO2. The maximum Gasteiger partial charge on any atom is 0.220 e. The largest absolute Gasteiger partial charge is 0.469 e. The molecule has 3 nitrogen and oxygen atoms in total. The molecule has 0 spiro atoms. The normalized spacial score (nSPS) is 10.2. The molecule has 1 N–H and O–H groups in total. The summed E-state index contributed by atoms with van der Waals surface area (Å²) in [5, 5.41) is 3.87. The number of carbonyl (C=O) groups excluding carboxylic acids is 1. The molecule has 0 aliphatic rings. The van der Waals surface area contributed by atoms with E-state index in [9.17, 15) is 4.79 Å². The Kier molecular flexibility index (Phi) is 6.16. The van der Waals surface area contributed by atoms with Crippen LogP contribution in [0.1, 0.15) is 25.0 Å². The fourth-order valence-electron chi connectivity index (χ4n) is 1.23. The fourth-order valence-corrected chi connectivity index (χ4v) is 1.62. The second-order valence-electron chi connectivity index (χ2n) is 3.33. The molecule has 1 rings (SSSR count). The lowest BCUT2D eigenvalue weighted by atomic mass is 10.2. The number of nitrogens with one attached hydrogen (secondary N) is 1. The van der Waals surface area contributed by atoms with E-state index in [0.717, 1.165) is 30.5 Å². The van der Waals surface area contributed by atoms with Gasteiger partial charge in [-0.25, -0.2) is 0 Å². The van der Waals surface area contributed by atoms with Gasteiger partial charge in [0.25, 0.3) is 0 Å². The molecule has 0 aromatic carbocycles. The first kappa shape index (κ1) is 12.3. The molecule has 0 atom stereocenters. The van der Waals surface area contributed by atoms with Crippen LogP contribution in [0.4, 0.5) is 0 Å². The van der Waals surface area contributed by atoms with E-state index in [4.69, 9.17) is 4.42 Å². The quantitative estimate of drug-likeness (QED) is 0.613. The lowest BCUT2D eigenvalue weighted by Crippen LogP contribution is -2.24. The second-order valence-corrected chi connectivity index (χ2v) is 4.12.